The Bertz CT molecular complexity index is 1810. The number of carbonyl (C=O) groups is 3. The van der Waals surface area contributed by atoms with Crippen LogP contribution in [0, 0.1) is 11.2 Å². The second-order valence-corrected chi connectivity index (χ2v) is 14.3. The van der Waals surface area contributed by atoms with Crippen LogP contribution >= 0.6 is 0 Å². The van der Waals surface area contributed by atoms with Crippen molar-refractivity contribution in [3.63, 3.8) is 0 Å². The number of likely N-dealkylation sites (N-methyl/N-ethyl adjacent to an activating group) is 1. The lowest BCUT2D eigenvalue weighted by molar-refractivity contribution is -0.139. The van der Waals surface area contributed by atoms with E-state index in [0.29, 0.717) is 36.9 Å². The average Bonchev–Trinajstić information content (AvgIpc) is 3.11. The second-order valence-electron chi connectivity index (χ2n) is 14.3. The van der Waals surface area contributed by atoms with Gasteiger partial charge in [-0.15, -0.1) is 0 Å². The molecule has 2 N–H and O–H groups in total. The predicted molar refractivity (Wildman–Crippen MR) is 193 cm³/mol. The van der Waals surface area contributed by atoms with Gasteiger partial charge in [0, 0.05) is 25.7 Å². The molecule has 0 fully saturated rings. The molecule has 0 aromatic heterocycles. The number of hydrogen-bond acceptors (Lipinski definition) is 3. The molecule has 1 unspecified atom stereocenters. The lowest BCUT2D eigenvalue weighted by atomic mass is 9.75. The van der Waals surface area contributed by atoms with E-state index in [2.05, 4.69) is 55.7 Å². The monoisotopic (exact) mass is 659 g/mol. The van der Waals surface area contributed by atoms with E-state index in [1.54, 1.807) is 24.1 Å². The summed E-state index contributed by atoms with van der Waals surface area (Å²) in [6, 6.07) is 30.4. The van der Waals surface area contributed by atoms with Gasteiger partial charge in [-0.25, -0.2) is 4.39 Å². The number of nitrogens with one attached hydrogen (secondary N) is 2. The van der Waals surface area contributed by atoms with Crippen LogP contribution in [-0.2, 0) is 21.5 Å². The molecule has 0 bridgehead atoms. The summed E-state index contributed by atoms with van der Waals surface area (Å²) < 4.78 is 13.4. The molecule has 254 valence electrons. The maximum atomic E-state index is 13.8. The van der Waals surface area contributed by atoms with Gasteiger partial charge in [0.05, 0.1) is 5.41 Å². The molecule has 0 radical (unpaired) electrons. The normalized spacial score (nSPS) is 16.7. The second kappa shape index (κ2) is 15.0. The fraction of sp³-hybridized carbons (Fsp3) is 0.310. The molecule has 1 aliphatic rings. The van der Waals surface area contributed by atoms with Crippen LogP contribution in [-0.4, -0.2) is 36.2 Å². The number of amides is 3. The van der Waals surface area contributed by atoms with Gasteiger partial charge < -0.3 is 15.5 Å². The predicted octanol–water partition coefficient (Wildman–Crippen LogP) is 8.15. The van der Waals surface area contributed by atoms with Crippen molar-refractivity contribution in [2.45, 2.75) is 65.0 Å². The van der Waals surface area contributed by atoms with Crippen molar-refractivity contribution < 1.29 is 18.8 Å². The molecule has 0 saturated heterocycles. The van der Waals surface area contributed by atoms with Crippen LogP contribution in [0.3, 0.4) is 0 Å². The molecular formula is C42H46FN3O3. The highest BCUT2D eigenvalue weighted by atomic mass is 19.1. The molecule has 49 heavy (non-hydrogen) atoms. The Balaban J connectivity index is 1.22. The molecule has 4 aromatic carbocycles. The van der Waals surface area contributed by atoms with Crippen LogP contribution in [0.1, 0.15) is 80.0 Å². The summed E-state index contributed by atoms with van der Waals surface area (Å²) in [5, 5.41) is 6.15. The molecule has 0 heterocycles. The highest BCUT2D eigenvalue weighted by molar-refractivity contribution is 6.01. The summed E-state index contributed by atoms with van der Waals surface area (Å²) in [6.07, 6.45) is 3.76. The summed E-state index contributed by atoms with van der Waals surface area (Å²) in [6.45, 7) is 9.14. The van der Waals surface area contributed by atoms with E-state index in [1.807, 2.05) is 67.6 Å². The van der Waals surface area contributed by atoms with E-state index in [-0.39, 0.29) is 35.5 Å². The number of hydrogen-bond donors (Lipinski definition) is 2. The van der Waals surface area contributed by atoms with Crippen molar-refractivity contribution in [3.8, 4) is 11.1 Å². The van der Waals surface area contributed by atoms with Gasteiger partial charge in [-0.05, 0) is 70.7 Å². The zero-order chi connectivity index (χ0) is 35.2. The van der Waals surface area contributed by atoms with Gasteiger partial charge in [-0.1, -0.05) is 124 Å². The fourth-order valence-electron chi connectivity index (χ4n) is 6.15. The Hall–Kier alpha value is -5.04. The standard InChI is InChI=1S/C42H46FN3O3/c1-41(2,3)33-19-17-31(18-20-33)35-13-9-10-14-36(35)38(47)44-27-29-23-25-42(4,26-24-29)40(49)45-37(32-11-7-6-8-12-32)39(48)46(5)28-30-15-21-34(43)22-16-30/h6-23,37H,24-28H2,1-5H3,(H,44,47)(H,45,49)/t37-,42?/m0/s1. The van der Waals surface area contributed by atoms with Crippen LogP contribution in [0.4, 0.5) is 4.39 Å². The molecule has 6 nitrogen and oxygen atoms in total. The van der Waals surface area contributed by atoms with Gasteiger partial charge in [0.2, 0.25) is 11.8 Å². The highest BCUT2D eigenvalue weighted by Gasteiger charge is 2.37. The Labute approximate surface area is 289 Å². The average molecular weight is 660 g/mol. The topological polar surface area (TPSA) is 78.5 Å². The Kier molecular flexibility index (Phi) is 10.8. The van der Waals surface area contributed by atoms with Crippen molar-refractivity contribution in [1.82, 2.24) is 15.5 Å². The first-order valence-electron chi connectivity index (χ1n) is 16.9. The van der Waals surface area contributed by atoms with Crippen LogP contribution in [0.25, 0.3) is 11.1 Å². The van der Waals surface area contributed by atoms with Crippen molar-refractivity contribution in [2.24, 2.45) is 5.41 Å². The quantitative estimate of drug-likeness (QED) is 0.169. The molecule has 7 heteroatoms. The number of nitrogens with zero attached hydrogens (tertiary/aromatic N) is 1. The van der Waals surface area contributed by atoms with Crippen molar-refractivity contribution >= 4 is 17.7 Å². The minimum Gasteiger partial charge on any atom is -0.348 e. The largest absolute Gasteiger partial charge is 0.348 e. The maximum absolute atomic E-state index is 13.8. The van der Waals surface area contributed by atoms with Gasteiger partial charge in [0.1, 0.15) is 11.9 Å². The zero-order valence-corrected chi connectivity index (χ0v) is 29.1. The summed E-state index contributed by atoms with van der Waals surface area (Å²) in [7, 11) is 1.68. The summed E-state index contributed by atoms with van der Waals surface area (Å²) in [5.41, 5.74) is 5.60. The highest BCUT2D eigenvalue weighted by Crippen LogP contribution is 2.36. The summed E-state index contributed by atoms with van der Waals surface area (Å²) >= 11 is 0. The van der Waals surface area contributed by atoms with Crippen molar-refractivity contribution in [2.75, 3.05) is 13.6 Å². The first-order valence-corrected chi connectivity index (χ1v) is 16.9. The van der Waals surface area contributed by atoms with Crippen LogP contribution < -0.4 is 10.6 Å². The fourth-order valence-corrected chi connectivity index (χ4v) is 6.15. The molecule has 1 aliphatic carbocycles. The molecule has 0 spiro atoms. The van der Waals surface area contributed by atoms with E-state index in [1.165, 1.54) is 17.7 Å². The van der Waals surface area contributed by atoms with Crippen LogP contribution in [0.5, 0.6) is 0 Å². The maximum Gasteiger partial charge on any atom is 0.252 e. The van der Waals surface area contributed by atoms with Crippen LogP contribution in [0.15, 0.2) is 115 Å². The Morgan fingerprint density at radius 2 is 1.53 bits per heavy atom. The van der Waals surface area contributed by atoms with Gasteiger partial charge >= 0.3 is 0 Å². The molecule has 0 saturated carbocycles. The third kappa shape index (κ3) is 8.71. The smallest absolute Gasteiger partial charge is 0.252 e. The minimum absolute atomic E-state index is 0.0455. The first-order chi connectivity index (χ1) is 23.3. The van der Waals surface area contributed by atoms with Gasteiger partial charge in [-0.3, -0.25) is 14.4 Å². The Morgan fingerprint density at radius 3 is 2.16 bits per heavy atom. The van der Waals surface area contributed by atoms with E-state index < -0.39 is 11.5 Å². The molecule has 2 atom stereocenters. The lowest BCUT2D eigenvalue weighted by Gasteiger charge is -2.34. The molecule has 4 aromatic rings. The SMILES string of the molecule is CN(Cc1ccc(F)cc1)C(=O)[C@@H](NC(=O)C1(C)CC=C(CNC(=O)c2ccccc2-c2ccc(C(C)(C)C)cc2)CC1)c1ccccc1. The third-order valence-corrected chi connectivity index (χ3v) is 9.46. The van der Waals surface area contributed by atoms with E-state index in [4.69, 9.17) is 0 Å². The Morgan fingerprint density at radius 1 is 0.878 bits per heavy atom. The third-order valence-electron chi connectivity index (χ3n) is 9.46. The molecule has 5 rings (SSSR count). The number of benzene rings is 4. The number of allylic oxidation sites excluding steroid dienone is 1. The summed E-state index contributed by atoms with van der Waals surface area (Å²) in [4.78, 5) is 42.5. The lowest BCUT2D eigenvalue weighted by Crippen LogP contribution is -2.47. The molecular weight excluding hydrogens is 613 g/mol. The minimum atomic E-state index is -0.870. The number of rotatable bonds is 10. The number of carbonyl (C=O) groups excluding carboxylic acids is 3. The van der Waals surface area contributed by atoms with Crippen molar-refractivity contribution in [3.05, 3.63) is 143 Å². The van der Waals surface area contributed by atoms with E-state index >= 15 is 0 Å². The first kappa shape index (κ1) is 35.3. The molecule has 3 amide bonds. The van der Waals surface area contributed by atoms with Crippen molar-refractivity contribution in [1.29, 1.82) is 0 Å². The van der Waals surface area contributed by atoms with Crippen LogP contribution in [0.2, 0.25) is 0 Å². The van der Waals surface area contributed by atoms with Gasteiger partial charge in [-0.2, -0.15) is 0 Å². The zero-order valence-electron chi connectivity index (χ0n) is 29.1. The van der Waals surface area contributed by atoms with E-state index in [0.717, 1.165) is 22.3 Å². The van der Waals surface area contributed by atoms with Gasteiger partial charge in [0.15, 0.2) is 0 Å². The van der Waals surface area contributed by atoms with Gasteiger partial charge in [0.25, 0.3) is 5.91 Å². The number of halogens is 1. The van der Waals surface area contributed by atoms with E-state index in [9.17, 15) is 18.8 Å². The summed E-state index contributed by atoms with van der Waals surface area (Å²) in [5.74, 6) is -0.935. The molecule has 0 aliphatic heterocycles.